The van der Waals surface area contributed by atoms with Crippen LogP contribution in [0.2, 0.25) is 0 Å². The lowest BCUT2D eigenvalue weighted by molar-refractivity contribution is 0.142. The number of piperidine rings is 1. The lowest BCUT2D eigenvalue weighted by atomic mass is 9.80. The molecule has 1 aromatic carbocycles. The number of benzene rings is 1. The topological polar surface area (TPSA) is 70.0 Å². The third kappa shape index (κ3) is 3.24. The Labute approximate surface area is 106 Å². The minimum atomic E-state index is -1.50. The average Bonchev–Trinajstić information content (AvgIpc) is 2.40. The summed E-state index contributed by atoms with van der Waals surface area (Å²) in [6, 6.07) is 6.14. The van der Waals surface area contributed by atoms with Crippen molar-refractivity contribution in [3.63, 3.8) is 0 Å². The predicted molar refractivity (Wildman–Crippen MR) is 67.7 cm³/mol. The van der Waals surface area contributed by atoms with Gasteiger partial charge in [-0.05, 0) is 36.9 Å². The van der Waals surface area contributed by atoms with Crippen LogP contribution in [-0.4, -0.2) is 41.2 Å². The van der Waals surface area contributed by atoms with Gasteiger partial charge in [-0.25, -0.2) is 4.79 Å². The van der Waals surface area contributed by atoms with Gasteiger partial charge in [0, 0.05) is 13.1 Å². The van der Waals surface area contributed by atoms with Gasteiger partial charge in [0.1, 0.15) is 5.75 Å². The highest BCUT2D eigenvalue weighted by Crippen LogP contribution is 2.13. The molecule has 0 aliphatic carbocycles. The molecule has 0 bridgehead atoms. The molecule has 1 amide bonds. The van der Waals surface area contributed by atoms with Crippen LogP contribution in [0.15, 0.2) is 24.3 Å². The van der Waals surface area contributed by atoms with Crippen molar-refractivity contribution >= 4 is 18.7 Å². The van der Waals surface area contributed by atoms with E-state index in [0.29, 0.717) is 11.2 Å². The first kappa shape index (κ1) is 12.9. The molecule has 1 fully saturated rings. The molecule has 5 nitrogen and oxygen atoms in total. The third-order valence-corrected chi connectivity index (χ3v) is 3.00. The summed E-state index contributed by atoms with van der Waals surface area (Å²) in [5.74, 6) is 0.412. The Balaban J connectivity index is 1.94. The monoisotopic (exact) mass is 249 g/mol. The number of carbonyl (C=O) groups is 1. The van der Waals surface area contributed by atoms with Crippen molar-refractivity contribution in [2.24, 2.45) is 0 Å². The van der Waals surface area contributed by atoms with Crippen molar-refractivity contribution in [2.45, 2.75) is 19.3 Å². The average molecular weight is 249 g/mol. The van der Waals surface area contributed by atoms with Crippen molar-refractivity contribution in [2.75, 3.05) is 13.1 Å². The molecule has 1 heterocycles. The number of carbonyl (C=O) groups excluding carboxylic acids is 1. The second-order valence-electron chi connectivity index (χ2n) is 4.36. The molecule has 0 aromatic heterocycles. The van der Waals surface area contributed by atoms with E-state index in [1.165, 1.54) is 12.1 Å². The Hall–Kier alpha value is -1.53. The van der Waals surface area contributed by atoms with E-state index in [1.807, 2.05) is 0 Å². The lowest BCUT2D eigenvalue weighted by Crippen LogP contribution is -2.37. The van der Waals surface area contributed by atoms with Gasteiger partial charge in [-0.2, -0.15) is 0 Å². The zero-order chi connectivity index (χ0) is 13.0. The molecule has 1 aliphatic heterocycles. The maximum absolute atomic E-state index is 11.8. The van der Waals surface area contributed by atoms with Gasteiger partial charge in [0.2, 0.25) is 0 Å². The maximum Gasteiger partial charge on any atom is 0.488 e. The zero-order valence-corrected chi connectivity index (χ0v) is 10.1. The summed E-state index contributed by atoms with van der Waals surface area (Å²) >= 11 is 0. The molecule has 6 heteroatoms. The molecule has 0 saturated carbocycles. The summed E-state index contributed by atoms with van der Waals surface area (Å²) in [5, 5.41) is 17.9. The van der Waals surface area contributed by atoms with Crippen LogP contribution in [0.25, 0.3) is 0 Å². The van der Waals surface area contributed by atoms with Crippen LogP contribution < -0.4 is 10.2 Å². The van der Waals surface area contributed by atoms with Crippen molar-refractivity contribution < 1.29 is 19.6 Å². The molecule has 96 valence electrons. The van der Waals surface area contributed by atoms with Crippen molar-refractivity contribution in [1.82, 2.24) is 4.90 Å². The largest absolute Gasteiger partial charge is 0.488 e. The fourth-order valence-corrected chi connectivity index (χ4v) is 1.95. The van der Waals surface area contributed by atoms with E-state index in [2.05, 4.69) is 0 Å². The van der Waals surface area contributed by atoms with E-state index in [1.54, 1.807) is 17.0 Å². The first-order valence-electron chi connectivity index (χ1n) is 6.09. The van der Waals surface area contributed by atoms with Crippen LogP contribution >= 0.6 is 0 Å². The van der Waals surface area contributed by atoms with Crippen LogP contribution in [0.4, 0.5) is 4.79 Å². The summed E-state index contributed by atoms with van der Waals surface area (Å²) in [6.45, 7) is 1.48. The molecule has 0 atom stereocenters. The predicted octanol–water partition coefficient (Wildman–Crippen LogP) is 0.351. The van der Waals surface area contributed by atoms with Crippen molar-refractivity contribution in [1.29, 1.82) is 0 Å². The highest BCUT2D eigenvalue weighted by molar-refractivity contribution is 6.58. The maximum atomic E-state index is 11.8. The lowest BCUT2D eigenvalue weighted by Gasteiger charge is -2.25. The molecule has 2 N–H and O–H groups in total. The molecule has 0 radical (unpaired) electrons. The molecule has 0 spiro atoms. The fourth-order valence-electron chi connectivity index (χ4n) is 1.95. The minimum Gasteiger partial charge on any atom is -0.423 e. The molecule has 0 unspecified atom stereocenters. The highest BCUT2D eigenvalue weighted by atomic mass is 16.6. The molecule has 1 aliphatic rings. The number of nitrogens with zero attached hydrogens (tertiary/aromatic N) is 1. The third-order valence-electron chi connectivity index (χ3n) is 3.00. The van der Waals surface area contributed by atoms with Gasteiger partial charge in [-0.3, -0.25) is 0 Å². The number of likely N-dealkylation sites (tertiary alicyclic amines) is 1. The Bertz CT molecular complexity index is 401. The molecule has 2 rings (SSSR count). The van der Waals surface area contributed by atoms with Gasteiger partial charge in [0.15, 0.2) is 0 Å². The Morgan fingerprint density at radius 3 is 2.28 bits per heavy atom. The minimum absolute atomic E-state index is 0.341. The Kier molecular flexibility index (Phi) is 4.22. The van der Waals surface area contributed by atoms with Crippen LogP contribution in [-0.2, 0) is 0 Å². The van der Waals surface area contributed by atoms with E-state index >= 15 is 0 Å². The normalized spacial score (nSPS) is 15.3. The van der Waals surface area contributed by atoms with Gasteiger partial charge in [0.05, 0.1) is 0 Å². The number of hydrogen-bond acceptors (Lipinski definition) is 4. The molecule has 18 heavy (non-hydrogen) atoms. The fraction of sp³-hybridized carbons (Fsp3) is 0.417. The highest BCUT2D eigenvalue weighted by Gasteiger charge is 2.18. The van der Waals surface area contributed by atoms with E-state index in [0.717, 1.165) is 32.4 Å². The van der Waals surface area contributed by atoms with Crippen LogP contribution in [0.1, 0.15) is 19.3 Å². The summed E-state index contributed by atoms with van der Waals surface area (Å²) in [5.41, 5.74) is 0.368. The summed E-state index contributed by atoms with van der Waals surface area (Å²) in [7, 11) is -1.50. The molecular formula is C12H16BNO4. The zero-order valence-electron chi connectivity index (χ0n) is 10.1. The van der Waals surface area contributed by atoms with Gasteiger partial charge in [-0.1, -0.05) is 12.1 Å². The molecule has 1 saturated heterocycles. The first-order valence-corrected chi connectivity index (χ1v) is 6.09. The van der Waals surface area contributed by atoms with Gasteiger partial charge < -0.3 is 19.7 Å². The summed E-state index contributed by atoms with van der Waals surface area (Å²) in [4.78, 5) is 13.5. The van der Waals surface area contributed by atoms with E-state index in [-0.39, 0.29) is 6.09 Å². The summed E-state index contributed by atoms with van der Waals surface area (Å²) in [6.07, 6.45) is 2.86. The van der Waals surface area contributed by atoms with Crippen molar-refractivity contribution in [3.05, 3.63) is 24.3 Å². The SMILES string of the molecule is O=C(Oc1ccc(B(O)O)cc1)N1CCCCC1. The van der Waals surface area contributed by atoms with Crippen LogP contribution in [0.5, 0.6) is 5.75 Å². The second-order valence-corrected chi connectivity index (χ2v) is 4.36. The van der Waals surface area contributed by atoms with Crippen LogP contribution in [0, 0.1) is 0 Å². The molecule has 1 aromatic rings. The molecular weight excluding hydrogens is 233 g/mol. The van der Waals surface area contributed by atoms with Gasteiger partial charge in [0.25, 0.3) is 0 Å². The van der Waals surface area contributed by atoms with E-state index in [9.17, 15) is 4.79 Å². The van der Waals surface area contributed by atoms with Gasteiger partial charge in [-0.15, -0.1) is 0 Å². The number of amides is 1. The Morgan fingerprint density at radius 2 is 1.72 bits per heavy atom. The quantitative estimate of drug-likeness (QED) is 0.742. The number of hydrogen-bond donors (Lipinski definition) is 2. The van der Waals surface area contributed by atoms with E-state index in [4.69, 9.17) is 14.8 Å². The standard InChI is InChI=1S/C12H16BNO4/c15-12(14-8-2-1-3-9-14)18-11-6-4-10(5-7-11)13(16)17/h4-7,16-17H,1-3,8-9H2. The smallest absolute Gasteiger partial charge is 0.423 e. The summed E-state index contributed by atoms with van der Waals surface area (Å²) < 4.78 is 5.21. The van der Waals surface area contributed by atoms with E-state index < -0.39 is 7.12 Å². The second kappa shape index (κ2) is 5.88. The van der Waals surface area contributed by atoms with Crippen molar-refractivity contribution in [3.8, 4) is 5.75 Å². The number of ether oxygens (including phenoxy) is 1. The van der Waals surface area contributed by atoms with Gasteiger partial charge >= 0.3 is 13.2 Å². The first-order chi connectivity index (χ1) is 8.66. The number of rotatable bonds is 2. The van der Waals surface area contributed by atoms with Crippen LogP contribution in [0.3, 0.4) is 0 Å². The Morgan fingerprint density at radius 1 is 1.11 bits per heavy atom.